The lowest BCUT2D eigenvalue weighted by atomic mass is 9.84. The third-order valence-electron chi connectivity index (χ3n) is 3.39. The molecule has 0 aliphatic carbocycles. The highest BCUT2D eigenvalue weighted by Crippen LogP contribution is 2.30. The quantitative estimate of drug-likeness (QED) is 0.827. The van der Waals surface area contributed by atoms with Crippen LogP contribution in [0.2, 0.25) is 0 Å². The number of aliphatic hydroxyl groups excluding tert-OH is 1. The minimum absolute atomic E-state index is 0.0982. The summed E-state index contributed by atoms with van der Waals surface area (Å²) in [4.78, 5) is 14.0. The SMILES string of the molecule is CC1CC(C)C(CCO)N(C(=O)OC(C)(C)C)C1. The molecule has 0 bridgehead atoms. The van der Waals surface area contributed by atoms with Gasteiger partial charge >= 0.3 is 6.09 Å². The summed E-state index contributed by atoms with van der Waals surface area (Å²) in [5, 5.41) is 9.16. The molecule has 4 heteroatoms. The summed E-state index contributed by atoms with van der Waals surface area (Å²) in [7, 11) is 0. The minimum Gasteiger partial charge on any atom is -0.444 e. The Hall–Kier alpha value is -0.770. The van der Waals surface area contributed by atoms with Crippen LogP contribution < -0.4 is 0 Å². The van der Waals surface area contributed by atoms with Gasteiger partial charge in [0, 0.05) is 19.2 Å². The third kappa shape index (κ3) is 4.16. The number of rotatable bonds is 2. The van der Waals surface area contributed by atoms with Crippen LogP contribution in [-0.2, 0) is 4.74 Å². The highest BCUT2D eigenvalue weighted by Gasteiger charge is 2.36. The van der Waals surface area contributed by atoms with E-state index in [1.807, 2.05) is 20.8 Å². The maximum Gasteiger partial charge on any atom is 0.410 e. The third-order valence-corrected chi connectivity index (χ3v) is 3.39. The molecule has 1 fully saturated rings. The number of carbonyl (C=O) groups is 1. The van der Waals surface area contributed by atoms with Gasteiger partial charge in [-0.25, -0.2) is 4.79 Å². The summed E-state index contributed by atoms with van der Waals surface area (Å²) in [6, 6.07) is 0.0982. The molecule has 0 aromatic carbocycles. The zero-order chi connectivity index (χ0) is 13.9. The molecule has 0 saturated carbocycles. The number of nitrogens with zero attached hydrogens (tertiary/aromatic N) is 1. The summed E-state index contributed by atoms with van der Waals surface area (Å²) >= 11 is 0. The van der Waals surface area contributed by atoms with E-state index in [2.05, 4.69) is 13.8 Å². The first-order valence-electron chi connectivity index (χ1n) is 6.85. The molecule has 1 saturated heterocycles. The Bertz CT molecular complexity index is 285. The van der Waals surface area contributed by atoms with Crippen molar-refractivity contribution in [2.75, 3.05) is 13.2 Å². The van der Waals surface area contributed by atoms with Crippen LogP contribution >= 0.6 is 0 Å². The number of ether oxygens (including phenoxy) is 1. The van der Waals surface area contributed by atoms with E-state index in [-0.39, 0.29) is 18.7 Å². The smallest absolute Gasteiger partial charge is 0.410 e. The van der Waals surface area contributed by atoms with Gasteiger partial charge in [-0.3, -0.25) is 0 Å². The monoisotopic (exact) mass is 257 g/mol. The van der Waals surface area contributed by atoms with Crippen molar-refractivity contribution in [3.8, 4) is 0 Å². The van der Waals surface area contributed by atoms with Crippen molar-refractivity contribution in [1.82, 2.24) is 4.90 Å². The Morgan fingerprint density at radius 3 is 2.50 bits per heavy atom. The molecule has 0 spiro atoms. The second kappa shape index (κ2) is 5.91. The van der Waals surface area contributed by atoms with Gasteiger partial charge in [-0.05, 0) is 45.4 Å². The fourth-order valence-corrected chi connectivity index (χ4v) is 2.75. The molecule has 0 aromatic heterocycles. The summed E-state index contributed by atoms with van der Waals surface area (Å²) < 4.78 is 5.46. The van der Waals surface area contributed by atoms with E-state index < -0.39 is 5.60 Å². The number of aliphatic hydroxyl groups is 1. The molecular formula is C14H27NO3. The number of amides is 1. The predicted molar refractivity (Wildman–Crippen MR) is 71.4 cm³/mol. The van der Waals surface area contributed by atoms with E-state index in [0.29, 0.717) is 18.3 Å². The zero-order valence-corrected chi connectivity index (χ0v) is 12.3. The Morgan fingerprint density at radius 1 is 1.39 bits per heavy atom. The van der Waals surface area contributed by atoms with E-state index in [1.54, 1.807) is 4.90 Å². The van der Waals surface area contributed by atoms with Crippen LogP contribution in [0, 0.1) is 11.8 Å². The Labute approximate surface area is 110 Å². The highest BCUT2D eigenvalue weighted by molar-refractivity contribution is 5.68. The van der Waals surface area contributed by atoms with Crippen molar-refractivity contribution < 1.29 is 14.6 Å². The maximum absolute atomic E-state index is 12.2. The Balaban J connectivity index is 2.76. The molecule has 1 heterocycles. The summed E-state index contributed by atoms with van der Waals surface area (Å²) in [5.74, 6) is 0.899. The van der Waals surface area contributed by atoms with Gasteiger partial charge in [0.1, 0.15) is 5.60 Å². The summed E-state index contributed by atoms with van der Waals surface area (Å²) in [6.45, 7) is 10.8. The summed E-state index contributed by atoms with van der Waals surface area (Å²) in [5.41, 5.74) is -0.467. The Morgan fingerprint density at radius 2 is 2.00 bits per heavy atom. The zero-order valence-electron chi connectivity index (χ0n) is 12.3. The van der Waals surface area contributed by atoms with Crippen molar-refractivity contribution in [3.63, 3.8) is 0 Å². The molecule has 4 nitrogen and oxygen atoms in total. The van der Waals surface area contributed by atoms with Gasteiger partial charge in [-0.2, -0.15) is 0 Å². The predicted octanol–water partition coefficient (Wildman–Crippen LogP) is 2.65. The topological polar surface area (TPSA) is 49.8 Å². The molecule has 1 amide bonds. The van der Waals surface area contributed by atoms with Crippen LogP contribution in [0.1, 0.15) is 47.5 Å². The lowest BCUT2D eigenvalue weighted by Gasteiger charge is -2.43. The van der Waals surface area contributed by atoms with Gasteiger partial charge in [0.2, 0.25) is 0 Å². The van der Waals surface area contributed by atoms with E-state index in [4.69, 9.17) is 9.84 Å². The van der Waals surface area contributed by atoms with Gasteiger partial charge in [0.25, 0.3) is 0 Å². The number of carbonyl (C=O) groups excluding carboxylic acids is 1. The second-order valence-corrected chi connectivity index (χ2v) is 6.53. The number of hydrogen-bond acceptors (Lipinski definition) is 3. The van der Waals surface area contributed by atoms with Crippen molar-refractivity contribution in [2.45, 2.75) is 59.1 Å². The van der Waals surface area contributed by atoms with Crippen LogP contribution in [0.3, 0.4) is 0 Å². The standard InChI is InChI=1S/C14H27NO3/c1-10-8-11(2)12(6-7-16)15(9-10)13(17)18-14(3,4)5/h10-12,16H,6-9H2,1-5H3. The molecule has 1 aliphatic rings. The average molecular weight is 257 g/mol. The molecule has 18 heavy (non-hydrogen) atoms. The first-order valence-corrected chi connectivity index (χ1v) is 6.85. The molecule has 0 radical (unpaired) electrons. The van der Waals surface area contributed by atoms with Gasteiger partial charge in [0.15, 0.2) is 0 Å². The second-order valence-electron chi connectivity index (χ2n) is 6.53. The van der Waals surface area contributed by atoms with Gasteiger partial charge in [0.05, 0.1) is 0 Å². The largest absolute Gasteiger partial charge is 0.444 e. The maximum atomic E-state index is 12.2. The van der Waals surface area contributed by atoms with Crippen LogP contribution in [0.5, 0.6) is 0 Å². The number of likely N-dealkylation sites (tertiary alicyclic amines) is 1. The first-order chi connectivity index (χ1) is 8.24. The average Bonchev–Trinajstić information content (AvgIpc) is 2.19. The molecule has 1 aliphatic heterocycles. The molecule has 0 aromatic rings. The minimum atomic E-state index is -0.467. The normalized spacial score (nSPS) is 29.2. The van der Waals surface area contributed by atoms with E-state index in [0.717, 1.165) is 13.0 Å². The van der Waals surface area contributed by atoms with Crippen molar-refractivity contribution in [3.05, 3.63) is 0 Å². The van der Waals surface area contributed by atoms with E-state index in [1.165, 1.54) is 0 Å². The lowest BCUT2D eigenvalue weighted by molar-refractivity contribution is -0.0105. The fourth-order valence-electron chi connectivity index (χ4n) is 2.75. The lowest BCUT2D eigenvalue weighted by Crippen LogP contribution is -2.52. The molecule has 1 N–H and O–H groups in total. The first kappa shape index (κ1) is 15.3. The van der Waals surface area contributed by atoms with Crippen LogP contribution in [0.15, 0.2) is 0 Å². The van der Waals surface area contributed by atoms with Gasteiger partial charge in [-0.15, -0.1) is 0 Å². The molecule has 3 unspecified atom stereocenters. The van der Waals surface area contributed by atoms with Gasteiger partial charge in [-0.1, -0.05) is 13.8 Å². The Kier molecular flexibility index (Phi) is 5.02. The van der Waals surface area contributed by atoms with E-state index in [9.17, 15) is 4.79 Å². The van der Waals surface area contributed by atoms with Crippen LogP contribution in [-0.4, -0.2) is 40.9 Å². The van der Waals surface area contributed by atoms with Crippen molar-refractivity contribution in [1.29, 1.82) is 0 Å². The molecule has 3 atom stereocenters. The molecule has 106 valence electrons. The number of hydrogen-bond donors (Lipinski definition) is 1. The summed E-state index contributed by atoms with van der Waals surface area (Å²) in [6.07, 6.45) is 1.48. The van der Waals surface area contributed by atoms with E-state index >= 15 is 0 Å². The molecule has 1 rings (SSSR count). The van der Waals surface area contributed by atoms with Crippen molar-refractivity contribution in [2.24, 2.45) is 11.8 Å². The van der Waals surface area contributed by atoms with Gasteiger partial charge < -0.3 is 14.7 Å². The van der Waals surface area contributed by atoms with Crippen molar-refractivity contribution >= 4 is 6.09 Å². The fraction of sp³-hybridized carbons (Fsp3) is 0.929. The number of piperidine rings is 1. The van der Waals surface area contributed by atoms with Crippen LogP contribution in [0.4, 0.5) is 4.79 Å². The highest BCUT2D eigenvalue weighted by atomic mass is 16.6. The molecular weight excluding hydrogens is 230 g/mol. The van der Waals surface area contributed by atoms with Crippen LogP contribution in [0.25, 0.3) is 0 Å².